The number of nitrogens with zero attached hydrogens (tertiary/aromatic N) is 1. The first kappa shape index (κ1) is 14.9. The molecule has 0 N–H and O–H groups in total. The number of rotatable bonds is 2. The van der Waals surface area contributed by atoms with Gasteiger partial charge in [-0.1, -0.05) is 61.0 Å². The highest BCUT2D eigenvalue weighted by Gasteiger charge is 2.35. The van der Waals surface area contributed by atoms with Crippen molar-refractivity contribution >= 4 is 0 Å². The maximum Gasteiger partial charge on any atom is 0.0822 e. The van der Waals surface area contributed by atoms with Crippen LogP contribution in [0.15, 0.2) is 48.5 Å². The summed E-state index contributed by atoms with van der Waals surface area (Å²) in [4.78, 5) is 0. The van der Waals surface area contributed by atoms with Gasteiger partial charge in [0.1, 0.15) is 0 Å². The van der Waals surface area contributed by atoms with E-state index < -0.39 is 0 Å². The zero-order valence-corrected chi connectivity index (χ0v) is 13.5. The molecule has 22 heavy (non-hydrogen) atoms. The molecule has 1 fully saturated rings. The lowest BCUT2D eigenvalue weighted by Crippen LogP contribution is -2.29. The van der Waals surface area contributed by atoms with Crippen LogP contribution in [0, 0.1) is 24.2 Å². The molecule has 0 heterocycles. The van der Waals surface area contributed by atoms with Gasteiger partial charge in [0.2, 0.25) is 0 Å². The third kappa shape index (κ3) is 2.79. The fourth-order valence-electron chi connectivity index (χ4n) is 3.45. The van der Waals surface area contributed by atoms with Crippen molar-refractivity contribution in [3.8, 4) is 17.2 Å². The monoisotopic (exact) mass is 289 g/mol. The van der Waals surface area contributed by atoms with Gasteiger partial charge in [-0.2, -0.15) is 5.26 Å². The van der Waals surface area contributed by atoms with E-state index in [1.54, 1.807) is 0 Å². The van der Waals surface area contributed by atoms with E-state index in [4.69, 9.17) is 0 Å². The van der Waals surface area contributed by atoms with Crippen molar-refractivity contribution in [3.05, 3.63) is 59.7 Å². The lowest BCUT2D eigenvalue weighted by Gasteiger charge is -2.34. The lowest BCUT2D eigenvalue weighted by molar-refractivity contribution is 0.294. The molecular weight excluding hydrogens is 266 g/mol. The van der Waals surface area contributed by atoms with Crippen LogP contribution in [-0.4, -0.2) is 0 Å². The second kappa shape index (κ2) is 5.97. The standard InChI is InChI=1S/C21H23N/c1-16-3-5-18(6-4-16)19-7-9-20(10-8-19)21(15-22)13-11-17(2)12-14-21/h3-10,17H,11-14H2,1-2H3. The maximum atomic E-state index is 9.75. The Bertz CT molecular complexity index is 665. The van der Waals surface area contributed by atoms with Gasteiger partial charge in [-0.25, -0.2) is 0 Å². The minimum atomic E-state index is -0.266. The van der Waals surface area contributed by atoms with Crippen LogP contribution in [0.1, 0.15) is 43.7 Å². The summed E-state index contributed by atoms with van der Waals surface area (Å²) < 4.78 is 0. The quantitative estimate of drug-likeness (QED) is 0.702. The van der Waals surface area contributed by atoms with Crippen molar-refractivity contribution in [1.29, 1.82) is 5.26 Å². The number of benzene rings is 2. The van der Waals surface area contributed by atoms with Gasteiger partial charge in [-0.05, 0) is 55.2 Å². The molecule has 3 rings (SSSR count). The predicted octanol–water partition coefficient (Wildman–Crippen LogP) is 5.63. The smallest absolute Gasteiger partial charge is 0.0822 e. The SMILES string of the molecule is Cc1ccc(-c2ccc(C3(C#N)CCC(C)CC3)cc2)cc1. The van der Waals surface area contributed by atoms with E-state index >= 15 is 0 Å². The van der Waals surface area contributed by atoms with E-state index in [0.717, 1.165) is 31.6 Å². The summed E-state index contributed by atoms with van der Waals surface area (Å²) in [5, 5.41) is 9.75. The van der Waals surface area contributed by atoms with Crippen molar-refractivity contribution in [2.45, 2.75) is 44.9 Å². The van der Waals surface area contributed by atoms with Crippen molar-refractivity contribution in [2.75, 3.05) is 0 Å². The zero-order valence-electron chi connectivity index (χ0n) is 13.5. The van der Waals surface area contributed by atoms with E-state index in [1.807, 2.05) is 0 Å². The van der Waals surface area contributed by atoms with Gasteiger partial charge in [0.05, 0.1) is 11.5 Å². The molecule has 2 aromatic carbocycles. The fraction of sp³-hybridized carbons (Fsp3) is 0.381. The van der Waals surface area contributed by atoms with Crippen LogP contribution in [0.3, 0.4) is 0 Å². The van der Waals surface area contributed by atoms with Gasteiger partial charge >= 0.3 is 0 Å². The van der Waals surface area contributed by atoms with Crippen LogP contribution in [0.2, 0.25) is 0 Å². The molecular formula is C21H23N. The average molecular weight is 289 g/mol. The van der Waals surface area contributed by atoms with Crippen molar-refractivity contribution in [2.24, 2.45) is 5.92 Å². The summed E-state index contributed by atoms with van der Waals surface area (Å²) in [6, 6.07) is 19.9. The highest BCUT2D eigenvalue weighted by Crippen LogP contribution is 2.41. The van der Waals surface area contributed by atoms with E-state index in [2.05, 4.69) is 68.4 Å². The molecule has 1 heteroatoms. The first-order valence-corrected chi connectivity index (χ1v) is 8.22. The van der Waals surface area contributed by atoms with Crippen molar-refractivity contribution in [3.63, 3.8) is 0 Å². The first-order valence-electron chi connectivity index (χ1n) is 8.22. The minimum Gasteiger partial charge on any atom is -0.197 e. The van der Waals surface area contributed by atoms with Crippen LogP contribution in [0.5, 0.6) is 0 Å². The van der Waals surface area contributed by atoms with Crippen molar-refractivity contribution < 1.29 is 0 Å². The summed E-state index contributed by atoms with van der Waals surface area (Å²) >= 11 is 0. The van der Waals surface area contributed by atoms with E-state index in [1.165, 1.54) is 22.3 Å². The van der Waals surface area contributed by atoms with Crippen LogP contribution < -0.4 is 0 Å². The molecule has 1 saturated carbocycles. The van der Waals surface area contributed by atoms with Gasteiger partial charge in [-0.3, -0.25) is 0 Å². The third-order valence-corrected chi connectivity index (χ3v) is 5.16. The van der Waals surface area contributed by atoms with E-state index in [-0.39, 0.29) is 5.41 Å². The van der Waals surface area contributed by atoms with Crippen molar-refractivity contribution in [1.82, 2.24) is 0 Å². The number of nitriles is 1. The average Bonchev–Trinajstić information content (AvgIpc) is 2.57. The maximum absolute atomic E-state index is 9.75. The second-order valence-corrected chi connectivity index (χ2v) is 6.82. The normalized spacial score (nSPS) is 24.7. The van der Waals surface area contributed by atoms with Crippen LogP contribution in [0.25, 0.3) is 11.1 Å². The number of aryl methyl sites for hydroxylation is 1. The molecule has 0 saturated heterocycles. The van der Waals surface area contributed by atoms with Gasteiger partial charge in [0.15, 0.2) is 0 Å². The molecule has 0 bridgehead atoms. The Morgan fingerprint density at radius 3 is 1.91 bits per heavy atom. The molecule has 2 aromatic rings. The topological polar surface area (TPSA) is 23.8 Å². The van der Waals surface area contributed by atoms with E-state index in [0.29, 0.717) is 0 Å². The molecule has 0 atom stereocenters. The fourth-order valence-corrected chi connectivity index (χ4v) is 3.45. The van der Waals surface area contributed by atoms with Gasteiger partial charge in [0.25, 0.3) is 0 Å². The van der Waals surface area contributed by atoms with E-state index in [9.17, 15) is 5.26 Å². The summed E-state index contributed by atoms with van der Waals surface area (Å²) in [6.07, 6.45) is 4.31. The number of hydrogen-bond donors (Lipinski definition) is 0. The molecule has 0 spiro atoms. The second-order valence-electron chi connectivity index (χ2n) is 6.82. The Labute approximate surface area is 133 Å². The van der Waals surface area contributed by atoms with Gasteiger partial charge in [0, 0.05) is 0 Å². The molecule has 112 valence electrons. The van der Waals surface area contributed by atoms with Crippen LogP contribution in [-0.2, 0) is 5.41 Å². The largest absolute Gasteiger partial charge is 0.197 e. The molecule has 1 aliphatic rings. The highest BCUT2D eigenvalue weighted by molar-refractivity contribution is 5.64. The molecule has 1 nitrogen and oxygen atoms in total. The molecule has 0 aliphatic heterocycles. The summed E-state index contributed by atoms with van der Waals surface area (Å²) in [5.41, 5.74) is 4.66. The first-order chi connectivity index (χ1) is 10.6. The Kier molecular flexibility index (Phi) is 4.03. The third-order valence-electron chi connectivity index (χ3n) is 5.16. The molecule has 0 aromatic heterocycles. The molecule has 0 amide bonds. The highest BCUT2D eigenvalue weighted by atomic mass is 14.4. The molecule has 1 aliphatic carbocycles. The van der Waals surface area contributed by atoms with Crippen LogP contribution >= 0.6 is 0 Å². The summed E-state index contributed by atoms with van der Waals surface area (Å²) in [7, 11) is 0. The Hall–Kier alpha value is -2.07. The number of hydrogen-bond acceptors (Lipinski definition) is 1. The van der Waals surface area contributed by atoms with Gasteiger partial charge < -0.3 is 0 Å². The molecule has 0 radical (unpaired) electrons. The summed E-state index contributed by atoms with van der Waals surface area (Å²) in [5.74, 6) is 0.758. The molecule has 0 unspecified atom stereocenters. The Balaban J connectivity index is 1.87. The van der Waals surface area contributed by atoms with Crippen LogP contribution in [0.4, 0.5) is 0 Å². The zero-order chi connectivity index (χ0) is 15.6. The summed E-state index contributed by atoms with van der Waals surface area (Å²) in [6.45, 7) is 4.40. The minimum absolute atomic E-state index is 0.266. The van der Waals surface area contributed by atoms with Gasteiger partial charge in [-0.15, -0.1) is 0 Å². The lowest BCUT2D eigenvalue weighted by atomic mass is 9.68. The predicted molar refractivity (Wildman–Crippen MR) is 91.5 cm³/mol. The Morgan fingerprint density at radius 1 is 0.909 bits per heavy atom. The Morgan fingerprint density at radius 2 is 1.41 bits per heavy atom.